The standard InChI is InChI=1S/C15H18O6S/c16-13(17)11-9-22-12(15(11,20)14(18)19)7-4-8-21-10-5-2-1-3-6-10/h1-3,5-6,11-12,20H,4,7-9H2,(H,16,17)(H,18,19). The van der Waals surface area contributed by atoms with E-state index in [2.05, 4.69) is 0 Å². The van der Waals surface area contributed by atoms with E-state index in [4.69, 9.17) is 9.84 Å². The van der Waals surface area contributed by atoms with Crippen LogP contribution in [0.2, 0.25) is 0 Å². The number of carboxylic acids is 2. The summed E-state index contributed by atoms with van der Waals surface area (Å²) in [5, 5.41) is 28.0. The molecule has 1 aromatic carbocycles. The molecule has 1 aliphatic heterocycles. The van der Waals surface area contributed by atoms with Crippen LogP contribution in [-0.2, 0) is 9.59 Å². The molecule has 7 heteroatoms. The first-order chi connectivity index (χ1) is 10.5. The van der Waals surface area contributed by atoms with Crippen molar-refractivity contribution in [2.24, 2.45) is 5.92 Å². The monoisotopic (exact) mass is 326 g/mol. The topological polar surface area (TPSA) is 104 Å². The number of hydrogen-bond acceptors (Lipinski definition) is 5. The Morgan fingerprint density at radius 3 is 2.55 bits per heavy atom. The quantitative estimate of drug-likeness (QED) is 0.652. The molecular weight excluding hydrogens is 308 g/mol. The number of carbonyl (C=O) groups is 2. The summed E-state index contributed by atoms with van der Waals surface area (Å²) >= 11 is 1.19. The number of ether oxygens (including phenoxy) is 1. The van der Waals surface area contributed by atoms with Gasteiger partial charge >= 0.3 is 11.9 Å². The smallest absolute Gasteiger partial charge is 0.337 e. The van der Waals surface area contributed by atoms with E-state index in [0.29, 0.717) is 19.4 Å². The molecular formula is C15H18O6S. The van der Waals surface area contributed by atoms with Crippen LogP contribution in [0, 0.1) is 5.92 Å². The van der Waals surface area contributed by atoms with Gasteiger partial charge in [0, 0.05) is 11.0 Å². The molecule has 120 valence electrons. The van der Waals surface area contributed by atoms with E-state index < -0.39 is 28.7 Å². The summed E-state index contributed by atoms with van der Waals surface area (Å²) in [6.45, 7) is 0.383. The van der Waals surface area contributed by atoms with Crippen LogP contribution in [0.1, 0.15) is 12.8 Å². The molecule has 3 atom stereocenters. The number of carboxylic acid groups (broad SMARTS) is 2. The van der Waals surface area contributed by atoms with Crippen molar-refractivity contribution in [1.82, 2.24) is 0 Å². The first-order valence-electron chi connectivity index (χ1n) is 6.94. The molecule has 1 fully saturated rings. The van der Waals surface area contributed by atoms with E-state index in [1.165, 1.54) is 11.8 Å². The lowest BCUT2D eigenvalue weighted by Crippen LogP contribution is -2.53. The second-order valence-electron chi connectivity index (χ2n) is 5.15. The van der Waals surface area contributed by atoms with Gasteiger partial charge in [-0.2, -0.15) is 11.8 Å². The van der Waals surface area contributed by atoms with Crippen LogP contribution in [-0.4, -0.2) is 50.5 Å². The number of para-hydroxylation sites is 1. The third-order valence-corrected chi connectivity index (χ3v) is 5.27. The Bertz CT molecular complexity index is 534. The average Bonchev–Trinajstić information content (AvgIpc) is 2.83. The van der Waals surface area contributed by atoms with Gasteiger partial charge in [-0.1, -0.05) is 18.2 Å². The summed E-state index contributed by atoms with van der Waals surface area (Å²) in [5.41, 5.74) is -2.22. The molecule has 2 rings (SSSR count). The summed E-state index contributed by atoms with van der Waals surface area (Å²) in [6, 6.07) is 9.21. The van der Waals surface area contributed by atoms with Crippen LogP contribution in [0.15, 0.2) is 30.3 Å². The summed E-state index contributed by atoms with van der Waals surface area (Å²) in [6.07, 6.45) is 0.915. The lowest BCUT2D eigenvalue weighted by atomic mass is 9.84. The van der Waals surface area contributed by atoms with Crippen LogP contribution >= 0.6 is 11.8 Å². The highest BCUT2D eigenvalue weighted by molar-refractivity contribution is 8.00. The van der Waals surface area contributed by atoms with Crippen molar-refractivity contribution in [3.05, 3.63) is 30.3 Å². The first kappa shape index (κ1) is 16.6. The number of rotatable bonds is 7. The van der Waals surface area contributed by atoms with Gasteiger partial charge in [-0.25, -0.2) is 4.79 Å². The Labute approximate surface area is 132 Å². The van der Waals surface area contributed by atoms with Gasteiger partial charge in [0.15, 0.2) is 5.60 Å². The van der Waals surface area contributed by atoms with Crippen molar-refractivity contribution in [3.63, 3.8) is 0 Å². The van der Waals surface area contributed by atoms with Crippen molar-refractivity contribution in [3.8, 4) is 5.75 Å². The van der Waals surface area contributed by atoms with Crippen molar-refractivity contribution in [2.45, 2.75) is 23.7 Å². The van der Waals surface area contributed by atoms with Gasteiger partial charge in [0.1, 0.15) is 11.7 Å². The molecule has 1 aromatic rings. The molecule has 0 bridgehead atoms. The molecule has 1 heterocycles. The fourth-order valence-electron chi connectivity index (χ4n) is 2.52. The number of benzene rings is 1. The first-order valence-corrected chi connectivity index (χ1v) is 7.99. The minimum absolute atomic E-state index is 0.0995. The Hall–Kier alpha value is -1.73. The zero-order valence-electron chi connectivity index (χ0n) is 11.8. The molecule has 0 amide bonds. The SMILES string of the molecule is O=C(O)C1CSC(CCCOc2ccccc2)C1(O)C(=O)O. The zero-order chi connectivity index (χ0) is 16.2. The maximum atomic E-state index is 11.3. The Morgan fingerprint density at radius 2 is 1.95 bits per heavy atom. The average molecular weight is 326 g/mol. The van der Waals surface area contributed by atoms with E-state index in [1.807, 2.05) is 30.3 Å². The molecule has 0 saturated carbocycles. The predicted molar refractivity (Wildman–Crippen MR) is 81.1 cm³/mol. The van der Waals surface area contributed by atoms with E-state index in [0.717, 1.165) is 5.75 Å². The molecule has 0 spiro atoms. The van der Waals surface area contributed by atoms with E-state index in [-0.39, 0.29) is 5.75 Å². The van der Waals surface area contributed by atoms with Crippen LogP contribution in [0.25, 0.3) is 0 Å². The van der Waals surface area contributed by atoms with Crippen LogP contribution < -0.4 is 4.74 Å². The minimum Gasteiger partial charge on any atom is -0.494 e. The largest absolute Gasteiger partial charge is 0.494 e. The minimum atomic E-state index is -2.22. The molecule has 22 heavy (non-hydrogen) atoms. The third-order valence-electron chi connectivity index (χ3n) is 3.75. The van der Waals surface area contributed by atoms with E-state index in [9.17, 15) is 19.8 Å². The van der Waals surface area contributed by atoms with Gasteiger partial charge in [-0.15, -0.1) is 0 Å². The Morgan fingerprint density at radius 1 is 1.27 bits per heavy atom. The van der Waals surface area contributed by atoms with Gasteiger partial charge in [-0.05, 0) is 25.0 Å². The summed E-state index contributed by atoms with van der Waals surface area (Å²) < 4.78 is 5.51. The van der Waals surface area contributed by atoms with Gasteiger partial charge in [0.25, 0.3) is 0 Å². The number of aliphatic hydroxyl groups is 1. The van der Waals surface area contributed by atoms with Crippen molar-refractivity contribution in [2.75, 3.05) is 12.4 Å². The van der Waals surface area contributed by atoms with E-state index >= 15 is 0 Å². The normalized spacial score (nSPS) is 27.5. The van der Waals surface area contributed by atoms with Crippen LogP contribution in [0.5, 0.6) is 5.75 Å². The summed E-state index contributed by atoms with van der Waals surface area (Å²) in [7, 11) is 0. The molecule has 0 aromatic heterocycles. The third kappa shape index (κ3) is 3.36. The lowest BCUT2D eigenvalue weighted by molar-refractivity contribution is -0.171. The second-order valence-corrected chi connectivity index (χ2v) is 6.38. The van der Waals surface area contributed by atoms with Crippen LogP contribution in [0.3, 0.4) is 0 Å². The molecule has 6 nitrogen and oxygen atoms in total. The number of aliphatic carboxylic acids is 2. The predicted octanol–water partition coefficient (Wildman–Crippen LogP) is 1.48. The van der Waals surface area contributed by atoms with E-state index in [1.54, 1.807) is 0 Å². The summed E-state index contributed by atoms with van der Waals surface area (Å²) in [5.74, 6) is -3.21. The molecule has 0 radical (unpaired) electrons. The summed E-state index contributed by atoms with van der Waals surface area (Å²) in [4.78, 5) is 22.5. The highest BCUT2D eigenvalue weighted by Crippen LogP contribution is 2.43. The maximum absolute atomic E-state index is 11.3. The molecule has 0 aliphatic carbocycles. The van der Waals surface area contributed by atoms with Gasteiger partial charge < -0.3 is 20.1 Å². The highest BCUT2D eigenvalue weighted by atomic mass is 32.2. The zero-order valence-corrected chi connectivity index (χ0v) is 12.7. The molecule has 1 aliphatic rings. The number of hydrogen-bond donors (Lipinski definition) is 3. The molecule has 1 saturated heterocycles. The maximum Gasteiger partial charge on any atom is 0.337 e. The van der Waals surface area contributed by atoms with Crippen molar-refractivity contribution < 1.29 is 29.6 Å². The second kappa shape index (κ2) is 7.02. The molecule has 3 N–H and O–H groups in total. The van der Waals surface area contributed by atoms with Gasteiger partial charge in [0.05, 0.1) is 6.61 Å². The van der Waals surface area contributed by atoms with Crippen LogP contribution in [0.4, 0.5) is 0 Å². The Kier molecular flexibility index (Phi) is 5.31. The van der Waals surface area contributed by atoms with Gasteiger partial charge in [-0.3, -0.25) is 4.79 Å². The fraction of sp³-hybridized carbons (Fsp3) is 0.467. The van der Waals surface area contributed by atoms with Gasteiger partial charge in [0.2, 0.25) is 0 Å². The highest BCUT2D eigenvalue weighted by Gasteiger charge is 2.58. The number of thioether (sulfide) groups is 1. The molecule has 3 unspecified atom stereocenters. The lowest BCUT2D eigenvalue weighted by Gasteiger charge is -2.28. The van der Waals surface area contributed by atoms with Crippen molar-refractivity contribution in [1.29, 1.82) is 0 Å². The van der Waals surface area contributed by atoms with Crippen molar-refractivity contribution >= 4 is 23.7 Å². The fourth-order valence-corrected chi connectivity index (χ4v) is 4.19. The Balaban J connectivity index is 1.89.